The topological polar surface area (TPSA) is 87.4 Å². The van der Waals surface area contributed by atoms with Gasteiger partial charge in [-0.25, -0.2) is 0 Å². The number of aromatic nitrogens is 2. The quantitative estimate of drug-likeness (QED) is 0.767. The lowest BCUT2D eigenvalue weighted by atomic mass is 10.2. The number of hydrogen-bond acceptors (Lipinski definition) is 4. The molecule has 1 amide bonds. The van der Waals surface area contributed by atoms with Crippen LogP contribution in [0.2, 0.25) is 0 Å². The van der Waals surface area contributed by atoms with Gasteiger partial charge in [0.15, 0.2) is 0 Å². The van der Waals surface area contributed by atoms with Gasteiger partial charge in [-0.05, 0) is 24.6 Å². The van der Waals surface area contributed by atoms with Gasteiger partial charge in [-0.2, -0.15) is 5.10 Å². The second-order valence-electron chi connectivity index (χ2n) is 4.27. The Kier molecular flexibility index (Phi) is 3.70. The van der Waals surface area contributed by atoms with Crippen molar-refractivity contribution in [3.05, 3.63) is 41.7 Å². The monoisotopic (exact) mass is 261 g/mol. The summed E-state index contributed by atoms with van der Waals surface area (Å²) in [4.78, 5) is 11.8. The predicted molar refractivity (Wildman–Crippen MR) is 69.1 cm³/mol. The summed E-state index contributed by atoms with van der Waals surface area (Å²) in [6.07, 6.45) is 3.63. The molecule has 0 fully saturated rings. The molecule has 0 aliphatic rings. The number of phenols is 2. The van der Waals surface area contributed by atoms with Gasteiger partial charge in [0.2, 0.25) is 0 Å². The summed E-state index contributed by atoms with van der Waals surface area (Å²) in [6.45, 7) is 2.92. The Bertz CT molecular complexity index is 572. The minimum atomic E-state index is -0.352. The molecule has 6 heteroatoms. The fourth-order valence-corrected chi connectivity index (χ4v) is 1.70. The van der Waals surface area contributed by atoms with Gasteiger partial charge in [-0.3, -0.25) is 9.48 Å². The first-order chi connectivity index (χ1) is 9.04. The van der Waals surface area contributed by atoms with Crippen LogP contribution in [0.1, 0.15) is 15.9 Å². The third-order valence-corrected chi connectivity index (χ3v) is 2.55. The number of nitrogens with one attached hydrogen (secondary N) is 1. The number of aromatic hydroxyl groups is 2. The fourth-order valence-electron chi connectivity index (χ4n) is 1.70. The SMILES string of the molecule is Cc1cnn(CCNC(=O)c2cc(O)cc(O)c2)c1. The summed E-state index contributed by atoms with van der Waals surface area (Å²) in [5, 5.41) is 25.4. The van der Waals surface area contributed by atoms with Crippen LogP contribution in [-0.4, -0.2) is 32.4 Å². The molecule has 1 heterocycles. The molecule has 1 aromatic carbocycles. The van der Waals surface area contributed by atoms with Crippen molar-refractivity contribution in [2.45, 2.75) is 13.5 Å². The number of phenolic OH excluding ortho intramolecular Hbond substituents is 2. The van der Waals surface area contributed by atoms with Crippen molar-refractivity contribution in [3.8, 4) is 11.5 Å². The van der Waals surface area contributed by atoms with Gasteiger partial charge in [0.05, 0.1) is 12.7 Å². The standard InChI is InChI=1S/C13H15N3O3/c1-9-7-15-16(8-9)3-2-14-13(19)10-4-11(17)6-12(18)5-10/h4-8,17-18H,2-3H2,1H3,(H,14,19). The van der Waals surface area contributed by atoms with Crippen molar-refractivity contribution < 1.29 is 15.0 Å². The minimum absolute atomic E-state index is 0.146. The van der Waals surface area contributed by atoms with Gasteiger partial charge in [0.1, 0.15) is 11.5 Å². The van der Waals surface area contributed by atoms with Crippen LogP contribution in [0, 0.1) is 6.92 Å². The molecule has 0 aliphatic carbocycles. The molecule has 1 aromatic heterocycles. The second kappa shape index (κ2) is 5.43. The molecule has 2 rings (SSSR count). The van der Waals surface area contributed by atoms with E-state index in [4.69, 9.17) is 0 Å². The lowest BCUT2D eigenvalue weighted by Gasteiger charge is -2.06. The number of rotatable bonds is 4. The van der Waals surface area contributed by atoms with E-state index in [1.165, 1.54) is 18.2 Å². The molecule has 0 bridgehead atoms. The largest absolute Gasteiger partial charge is 0.508 e. The highest BCUT2D eigenvalue weighted by atomic mass is 16.3. The molecule has 0 saturated carbocycles. The highest BCUT2D eigenvalue weighted by Gasteiger charge is 2.07. The molecule has 100 valence electrons. The molecule has 0 saturated heterocycles. The minimum Gasteiger partial charge on any atom is -0.508 e. The maximum Gasteiger partial charge on any atom is 0.251 e. The Morgan fingerprint density at radius 3 is 2.58 bits per heavy atom. The number of carbonyl (C=O) groups is 1. The number of hydrogen-bond donors (Lipinski definition) is 3. The first kappa shape index (κ1) is 12.9. The maximum absolute atomic E-state index is 11.8. The van der Waals surface area contributed by atoms with Crippen LogP contribution >= 0.6 is 0 Å². The fraction of sp³-hybridized carbons (Fsp3) is 0.231. The second-order valence-corrected chi connectivity index (χ2v) is 4.27. The first-order valence-electron chi connectivity index (χ1n) is 5.85. The van der Waals surface area contributed by atoms with Crippen LogP contribution in [-0.2, 0) is 6.54 Å². The average molecular weight is 261 g/mol. The zero-order chi connectivity index (χ0) is 13.8. The van der Waals surface area contributed by atoms with Crippen LogP contribution in [0.3, 0.4) is 0 Å². The van der Waals surface area contributed by atoms with Gasteiger partial charge >= 0.3 is 0 Å². The van der Waals surface area contributed by atoms with E-state index in [-0.39, 0.29) is 23.0 Å². The normalized spacial score (nSPS) is 10.4. The molecule has 6 nitrogen and oxygen atoms in total. The molecule has 0 unspecified atom stereocenters. The van der Waals surface area contributed by atoms with Crippen molar-refractivity contribution in [1.82, 2.24) is 15.1 Å². The van der Waals surface area contributed by atoms with E-state index in [2.05, 4.69) is 10.4 Å². The Morgan fingerprint density at radius 1 is 1.32 bits per heavy atom. The summed E-state index contributed by atoms with van der Waals surface area (Å²) in [5.41, 5.74) is 1.28. The van der Waals surface area contributed by atoms with Crippen LogP contribution in [0.5, 0.6) is 11.5 Å². The zero-order valence-electron chi connectivity index (χ0n) is 10.5. The number of carbonyl (C=O) groups excluding carboxylic acids is 1. The molecule has 3 N–H and O–H groups in total. The Hall–Kier alpha value is -2.50. The van der Waals surface area contributed by atoms with Gasteiger partial charge in [-0.15, -0.1) is 0 Å². The van der Waals surface area contributed by atoms with E-state index < -0.39 is 0 Å². The number of amides is 1. The lowest BCUT2D eigenvalue weighted by molar-refractivity contribution is 0.0951. The highest BCUT2D eigenvalue weighted by Crippen LogP contribution is 2.20. The Morgan fingerprint density at radius 2 is 2.00 bits per heavy atom. The van der Waals surface area contributed by atoms with Crippen molar-refractivity contribution in [3.63, 3.8) is 0 Å². The third kappa shape index (κ3) is 3.48. The maximum atomic E-state index is 11.8. The van der Waals surface area contributed by atoms with Crippen LogP contribution in [0.4, 0.5) is 0 Å². The van der Waals surface area contributed by atoms with E-state index in [1.807, 2.05) is 13.1 Å². The van der Waals surface area contributed by atoms with E-state index in [0.717, 1.165) is 5.56 Å². The Labute approximate surface area is 110 Å². The number of aryl methyl sites for hydroxylation is 1. The molecular weight excluding hydrogens is 246 g/mol. The molecule has 0 radical (unpaired) electrons. The third-order valence-electron chi connectivity index (χ3n) is 2.55. The highest BCUT2D eigenvalue weighted by molar-refractivity contribution is 5.94. The number of benzene rings is 1. The molecular formula is C13H15N3O3. The van der Waals surface area contributed by atoms with Crippen molar-refractivity contribution in [2.24, 2.45) is 0 Å². The molecule has 0 aliphatic heterocycles. The predicted octanol–water partition coefficient (Wildman–Crippen LogP) is 1.03. The molecule has 19 heavy (non-hydrogen) atoms. The zero-order valence-corrected chi connectivity index (χ0v) is 10.5. The smallest absolute Gasteiger partial charge is 0.251 e. The van der Waals surface area contributed by atoms with Crippen LogP contribution in [0.25, 0.3) is 0 Å². The van der Waals surface area contributed by atoms with Gasteiger partial charge < -0.3 is 15.5 Å². The van der Waals surface area contributed by atoms with Crippen molar-refractivity contribution in [1.29, 1.82) is 0 Å². The summed E-state index contributed by atoms with van der Waals surface area (Å²) in [5.74, 6) is -0.643. The first-order valence-corrected chi connectivity index (χ1v) is 5.85. The summed E-state index contributed by atoms with van der Waals surface area (Å²) >= 11 is 0. The van der Waals surface area contributed by atoms with E-state index in [1.54, 1.807) is 10.9 Å². The summed E-state index contributed by atoms with van der Waals surface area (Å²) in [7, 11) is 0. The summed E-state index contributed by atoms with van der Waals surface area (Å²) in [6, 6.07) is 3.77. The Balaban J connectivity index is 1.90. The lowest BCUT2D eigenvalue weighted by Crippen LogP contribution is -2.27. The molecule has 0 spiro atoms. The average Bonchev–Trinajstić information content (AvgIpc) is 2.73. The van der Waals surface area contributed by atoms with Gasteiger partial charge in [-0.1, -0.05) is 0 Å². The van der Waals surface area contributed by atoms with E-state index in [0.29, 0.717) is 13.1 Å². The number of nitrogens with zero attached hydrogens (tertiary/aromatic N) is 2. The summed E-state index contributed by atoms with van der Waals surface area (Å²) < 4.78 is 1.73. The van der Waals surface area contributed by atoms with Crippen molar-refractivity contribution in [2.75, 3.05) is 6.54 Å². The van der Waals surface area contributed by atoms with E-state index >= 15 is 0 Å². The van der Waals surface area contributed by atoms with Gasteiger partial charge in [0.25, 0.3) is 5.91 Å². The van der Waals surface area contributed by atoms with Crippen molar-refractivity contribution >= 4 is 5.91 Å². The van der Waals surface area contributed by atoms with Crippen LogP contribution in [0.15, 0.2) is 30.6 Å². The van der Waals surface area contributed by atoms with Gasteiger partial charge in [0, 0.05) is 24.4 Å². The van der Waals surface area contributed by atoms with E-state index in [9.17, 15) is 15.0 Å². The molecule has 0 atom stereocenters. The molecule has 2 aromatic rings. The van der Waals surface area contributed by atoms with Crippen LogP contribution < -0.4 is 5.32 Å².